The second-order valence-corrected chi connectivity index (χ2v) is 4.18. The zero-order valence-corrected chi connectivity index (χ0v) is 9.23. The molecule has 0 aliphatic carbocycles. The summed E-state index contributed by atoms with van der Waals surface area (Å²) in [6.45, 7) is 5.86. The number of aryl methyl sites for hydroxylation is 1. The zero-order chi connectivity index (χ0) is 11.6. The van der Waals surface area contributed by atoms with Gasteiger partial charge in [-0.25, -0.2) is 4.79 Å². The van der Waals surface area contributed by atoms with Crippen molar-refractivity contribution in [2.24, 2.45) is 5.41 Å². The number of carboxylic acids is 1. The van der Waals surface area contributed by atoms with Crippen molar-refractivity contribution < 1.29 is 9.90 Å². The summed E-state index contributed by atoms with van der Waals surface area (Å²) in [5.74, 6) is -0.904. The van der Waals surface area contributed by atoms with Gasteiger partial charge >= 0.3 is 11.7 Å². The zero-order valence-electron chi connectivity index (χ0n) is 9.23. The molecule has 0 radical (unpaired) electrons. The van der Waals surface area contributed by atoms with Crippen LogP contribution in [0.4, 0.5) is 0 Å². The van der Waals surface area contributed by atoms with E-state index in [1.54, 1.807) is 26.2 Å². The molecule has 0 unspecified atom stereocenters. The van der Waals surface area contributed by atoms with Crippen LogP contribution in [0.1, 0.15) is 20.8 Å². The topological polar surface area (TPSA) is 64.2 Å². The normalized spacial score (nSPS) is 11.7. The lowest BCUT2D eigenvalue weighted by molar-refractivity contribution is -0.147. The molecular weight excluding hydrogens is 196 g/mol. The average Bonchev–Trinajstić information content (AvgIpc) is 2.47. The first-order chi connectivity index (χ1) is 6.88. The Hall–Kier alpha value is -1.52. The number of aromatic nitrogens is 2. The minimum atomic E-state index is -0.927. The molecule has 0 saturated carbocycles. The van der Waals surface area contributed by atoms with E-state index in [-0.39, 0.29) is 12.2 Å². The molecule has 0 saturated heterocycles. The molecule has 0 aliphatic heterocycles. The maximum absolute atomic E-state index is 11.6. The molecule has 5 heteroatoms. The van der Waals surface area contributed by atoms with Gasteiger partial charge in [-0.3, -0.25) is 13.9 Å². The number of rotatable bonds is 4. The maximum Gasteiger partial charge on any atom is 0.328 e. The molecule has 0 atom stereocenters. The van der Waals surface area contributed by atoms with Gasteiger partial charge < -0.3 is 5.11 Å². The standard InChI is InChI=1S/C10H16N2O3/c1-4-11-5-6-12(9(11)15)7-10(2,3)8(13)14/h5-6H,4,7H2,1-3H3,(H,13,14). The molecule has 0 aliphatic rings. The molecule has 15 heavy (non-hydrogen) atoms. The minimum Gasteiger partial charge on any atom is -0.481 e. The Morgan fingerprint density at radius 1 is 1.40 bits per heavy atom. The molecule has 1 N–H and O–H groups in total. The van der Waals surface area contributed by atoms with Crippen LogP contribution >= 0.6 is 0 Å². The van der Waals surface area contributed by atoms with E-state index < -0.39 is 11.4 Å². The van der Waals surface area contributed by atoms with Crippen LogP contribution in [0.25, 0.3) is 0 Å². The summed E-state index contributed by atoms with van der Waals surface area (Å²) >= 11 is 0. The minimum absolute atomic E-state index is 0.160. The van der Waals surface area contributed by atoms with Gasteiger partial charge in [0.05, 0.1) is 5.41 Å². The van der Waals surface area contributed by atoms with Crippen LogP contribution in [0.5, 0.6) is 0 Å². The Morgan fingerprint density at radius 2 is 1.93 bits per heavy atom. The number of carbonyl (C=O) groups is 1. The first kappa shape index (κ1) is 11.6. The van der Waals surface area contributed by atoms with E-state index in [1.165, 1.54) is 9.13 Å². The number of hydrogen-bond donors (Lipinski definition) is 1. The molecule has 84 valence electrons. The molecule has 0 spiro atoms. The Bertz CT molecular complexity index is 415. The molecule has 1 rings (SSSR count). The molecular formula is C10H16N2O3. The van der Waals surface area contributed by atoms with Gasteiger partial charge in [0.15, 0.2) is 0 Å². The number of imidazole rings is 1. The molecule has 5 nitrogen and oxygen atoms in total. The Balaban J connectivity index is 2.95. The number of carboxylic acid groups (broad SMARTS) is 1. The second-order valence-electron chi connectivity index (χ2n) is 4.18. The lowest BCUT2D eigenvalue weighted by Crippen LogP contribution is -2.34. The molecule has 1 aromatic heterocycles. The van der Waals surface area contributed by atoms with Crippen LogP contribution in [0.3, 0.4) is 0 Å². The van der Waals surface area contributed by atoms with Crippen LogP contribution in [-0.2, 0) is 17.9 Å². The van der Waals surface area contributed by atoms with Crippen molar-refractivity contribution in [2.75, 3.05) is 0 Å². The molecule has 0 fully saturated rings. The highest BCUT2D eigenvalue weighted by Gasteiger charge is 2.28. The smallest absolute Gasteiger partial charge is 0.328 e. The summed E-state index contributed by atoms with van der Waals surface area (Å²) in [6.07, 6.45) is 3.29. The Labute approximate surface area is 88.0 Å². The van der Waals surface area contributed by atoms with Gasteiger partial charge in [-0.2, -0.15) is 0 Å². The van der Waals surface area contributed by atoms with E-state index in [2.05, 4.69) is 0 Å². The predicted octanol–water partition coefficient (Wildman–Crippen LogP) is 0.780. The van der Waals surface area contributed by atoms with Gasteiger partial charge in [0, 0.05) is 25.5 Å². The van der Waals surface area contributed by atoms with Crippen LogP contribution in [0.15, 0.2) is 17.2 Å². The molecule has 0 amide bonds. The fourth-order valence-electron chi connectivity index (χ4n) is 1.31. The monoisotopic (exact) mass is 212 g/mol. The van der Waals surface area contributed by atoms with Crippen LogP contribution in [-0.4, -0.2) is 20.2 Å². The van der Waals surface area contributed by atoms with Crippen LogP contribution < -0.4 is 5.69 Å². The summed E-state index contributed by atoms with van der Waals surface area (Å²) in [5, 5.41) is 8.94. The summed E-state index contributed by atoms with van der Waals surface area (Å²) in [6, 6.07) is 0. The van der Waals surface area contributed by atoms with E-state index in [1.807, 2.05) is 6.92 Å². The van der Waals surface area contributed by atoms with Gasteiger partial charge in [0.1, 0.15) is 0 Å². The molecule has 1 aromatic rings. The SMILES string of the molecule is CCn1ccn(CC(C)(C)C(=O)O)c1=O. The van der Waals surface area contributed by atoms with E-state index >= 15 is 0 Å². The lowest BCUT2D eigenvalue weighted by atomic mass is 9.94. The summed E-state index contributed by atoms with van der Waals surface area (Å²) in [5.41, 5.74) is -1.09. The van der Waals surface area contributed by atoms with Gasteiger partial charge in [-0.1, -0.05) is 0 Å². The Morgan fingerprint density at radius 3 is 2.33 bits per heavy atom. The van der Waals surface area contributed by atoms with Crippen LogP contribution in [0, 0.1) is 5.41 Å². The highest BCUT2D eigenvalue weighted by Crippen LogP contribution is 2.16. The van der Waals surface area contributed by atoms with Gasteiger partial charge in [0.25, 0.3) is 0 Å². The first-order valence-electron chi connectivity index (χ1n) is 4.87. The highest BCUT2D eigenvalue weighted by molar-refractivity contribution is 5.73. The fraction of sp³-hybridized carbons (Fsp3) is 0.600. The molecule has 0 aromatic carbocycles. The summed E-state index contributed by atoms with van der Waals surface area (Å²) in [4.78, 5) is 22.5. The van der Waals surface area contributed by atoms with Gasteiger partial charge in [-0.05, 0) is 20.8 Å². The van der Waals surface area contributed by atoms with Crippen molar-refractivity contribution in [3.8, 4) is 0 Å². The van der Waals surface area contributed by atoms with E-state index in [9.17, 15) is 9.59 Å². The quantitative estimate of drug-likeness (QED) is 0.802. The largest absolute Gasteiger partial charge is 0.481 e. The first-order valence-corrected chi connectivity index (χ1v) is 4.87. The third-order valence-electron chi connectivity index (χ3n) is 2.40. The van der Waals surface area contributed by atoms with Crippen molar-refractivity contribution in [3.63, 3.8) is 0 Å². The van der Waals surface area contributed by atoms with Gasteiger partial charge in [0.2, 0.25) is 0 Å². The number of nitrogens with zero attached hydrogens (tertiary/aromatic N) is 2. The molecule has 0 bridgehead atoms. The third kappa shape index (κ3) is 2.29. The summed E-state index contributed by atoms with van der Waals surface area (Å²) in [7, 11) is 0. The van der Waals surface area contributed by atoms with E-state index in [4.69, 9.17) is 5.11 Å². The summed E-state index contributed by atoms with van der Waals surface area (Å²) < 4.78 is 2.97. The number of aliphatic carboxylic acids is 1. The maximum atomic E-state index is 11.6. The lowest BCUT2D eigenvalue weighted by Gasteiger charge is -2.18. The van der Waals surface area contributed by atoms with Crippen molar-refractivity contribution in [3.05, 3.63) is 22.9 Å². The van der Waals surface area contributed by atoms with Gasteiger partial charge in [-0.15, -0.1) is 0 Å². The third-order valence-corrected chi connectivity index (χ3v) is 2.40. The van der Waals surface area contributed by atoms with Crippen molar-refractivity contribution in [1.82, 2.24) is 9.13 Å². The fourth-order valence-corrected chi connectivity index (χ4v) is 1.31. The van der Waals surface area contributed by atoms with E-state index in [0.29, 0.717) is 6.54 Å². The van der Waals surface area contributed by atoms with Crippen molar-refractivity contribution in [1.29, 1.82) is 0 Å². The van der Waals surface area contributed by atoms with Crippen molar-refractivity contribution >= 4 is 5.97 Å². The average molecular weight is 212 g/mol. The number of hydrogen-bond acceptors (Lipinski definition) is 2. The van der Waals surface area contributed by atoms with E-state index in [0.717, 1.165) is 0 Å². The van der Waals surface area contributed by atoms with Crippen LogP contribution in [0.2, 0.25) is 0 Å². The predicted molar refractivity (Wildman–Crippen MR) is 55.8 cm³/mol. The highest BCUT2D eigenvalue weighted by atomic mass is 16.4. The Kier molecular flexibility index (Phi) is 3.02. The van der Waals surface area contributed by atoms with Crippen molar-refractivity contribution in [2.45, 2.75) is 33.9 Å². The molecule has 1 heterocycles. The second kappa shape index (κ2) is 3.92.